The van der Waals surface area contributed by atoms with E-state index in [9.17, 15) is 18.7 Å². The van der Waals surface area contributed by atoms with Crippen molar-refractivity contribution in [2.75, 3.05) is 0 Å². The van der Waals surface area contributed by atoms with Crippen molar-refractivity contribution in [3.63, 3.8) is 0 Å². The average molecular weight is 441 g/mol. The number of aliphatic hydroxyl groups is 1. The van der Waals surface area contributed by atoms with Crippen LogP contribution >= 0.6 is 0 Å². The Morgan fingerprint density at radius 2 is 1.91 bits per heavy atom. The lowest BCUT2D eigenvalue weighted by atomic mass is 10.1. The van der Waals surface area contributed by atoms with Crippen LogP contribution in [0.25, 0.3) is 16.8 Å². The van der Waals surface area contributed by atoms with Crippen molar-refractivity contribution in [3.05, 3.63) is 82.8 Å². The molecule has 32 heavy (non-hydrogen) atoms. The predicted octanol–water partition coefficient (Wildman–Crippen LogP) is 3.30. The fourth-order valence-corrected chi connectivity index (χ4v) is 3.37. The average Bonchev–Trinajstić information content (AvgIpc) is 3.37. The SMILES string of the molecule is CC(C)(O)c1nn(-c2ccc(-c3cn[nH]c3)cc2)c(=O)n1Cc1cccc(OC(F)F)c1. The number of nitrogens with one attached hydrogen (secondary N) is 1. The molecule has 2 heterocycles. The molecule has 10 heteroatoms. The highest BCUT2D eigenvalue weighted by Gasteiger charge is 2.27. The Morgan fingerprint density at radius 1 is 1.16 bits per heavy atom. The third-order valence-electron chi connectivity index (χ3n) is 4.82. The second-order valence-electron chi connectivity index (χ2n) is 7.72. The summed E-state index contributed by atoms with van der Waals surface area (Å²) in [4.78, 5) is 13.2. The summed E-state index contributed by atoms with van der Waals surface area (Å²) in [7, 11) is 0. The van der Waals surface area contributed by atoms with Gasteiger partial charge in [-0.25, -0.2) is 4.79 Å². The van der Waals surface area contributed by atoms with E-state index in [1.54, 1.807) is 36.7 Å². The Kier molecular flexibility index (Phi) is 5.62. The van der Waals surface area contributed by atoms with E-state index in [2.05, 4.69) is 20.0 Å². The first kappa shape index (κ1) is 21.4. The Labute approximate surface area is 181 Å². The molecule has 0 amide bonds. The van der Waals surface area contributed by atoms with Crippen LogP contribution in [-0.2, 0) is 12.1 Å². The van der Waals surface area contributed by atoms with Crippen LogP contribution in [0.2, 0.25) is 0 Å². The second kappa shape index (κ2) is 8.39. The fraction of sp³-hybridized carbons (Fsp3) is 0.227. The van der Waals surface area contributed by atoms with Crippen molar-refractivity contribution in [1.82, 2.24) is 24.5 Å². The molecular weight excluding hydrogens is 420 g/mol. The molecule has 0 saturated carbocycles. The van der Waals surface area contributed by atoms with E-state index in [1.165, 1.54) is 35.2 Å². The highest BCUT2D eigenvalue weighted by atomic mass is 19.3. The highest BCUT2D eigenvalue weighted by molar-refractivity contribution is 5.62. The minimum absolute atomic E-state index is 0.0161. The number of rotatable bonds is 7. The van der Waals surface area contributed by atoms with Gasteiger partial charge in [0.15, 0.2) is 5.82 Å². The van der Waals surface area contributed by atoms with Crippen molar-refractivity contribution < 1.29 is 18.6 Å². The molecule has 8 nitrogen and oxygen atoms in total. The number of halogens is 2. The van der Waals surface area contributed by atoms with Gasteiger partial charge in [-0.3, -0.25) is 9.67 Å². The fourth-order valence-electron chi connectivity index (χ4n) is 3.37. The molecule has 2 aromatic heterocycles. The van der Waals surface area contributed by atoms with E-state index in [0.29, 0.717) is 11.3 Å². The molecule has 166 valence electrons. The number of ether oxygens (including phenoxy) is 1. The van der Waals surface area contributed by atoms with Crippen LogP contribution in [0.15, 0.2) is 65.7 Å². The highest BCUT2D eigenvalue weighted by Crippen LogP contribution is 2.22. The van der Waals surface area contributed by atoms with Gasteiger partial charge in [0.2, 0.25) is 0 Å². The first-order chi connectivity index (χ1) is 15.2. The van der Waals surface area contributed by atoms with Gasteiger partial charge in [-0.1, -0.05) is 24.3 Å². The molecule has 0 fully saturated rings. The lowest BCUT2D eigenvalue weighted by Crippen LogP contribution is -2.28. The number of hydrogen-bond donors (Lipinski definition) is 2. The number of hydrogen-bond acceptors (Lipinski definition) is 5. The Morgan fingerprint density at radius 3 is 2.53 bits per heavy atom. The number of H-pyrrole nitrogens is 1. The van der Waals surface area contributed by atoms with Gasteiger partial charge in [0.1, 0.15) is 11.4 Å². The van der Waals surface area contributed by atoms with E-state index in [-0.39, 0.29) is 18.1 Å². The zero-order valence-electron chi connectivity index (χ0n) is 17.4. The molecule has 0 saturated heterocycles. The maximum atomic E-state index is 13.2. The van der Waals surface area contributed by atoms with E-state index in [1.807, 2.05) is 12.1 Å². The summed E-state index contributed by atoms with van der Waals surface area (Å²) in [5, 5.41) is 21.6. The number of alkyl halides is 2. The molecule has 0 bridgehead atoms. The van der Waals surface area contributed by atoms with Crippen LogP contribution in [0, 0.1) is 0 Å². The minimum atomic E-state index is -2.95. The van der Waals surface area contributed by atoms with Crippen LogP contribution < -0.4 is 10.4 Å². The van der Waals surface area contributed by atoms with Gasteiger partial charge < -0.3 is 9.84 Å². The first-order valence-corrected chi connectivity index (χ1v) is 9.78. The van der Waals surface area contributed by atoms with E-state index in [4.69, 9.17) is 0 Å². The summed E-state index contributed by atoms with van der Waals surface area (Å²) in [5.41, 5.74) is 0.981. The molecule has 0 unspecified atom stereocenters. The molecule has 4 rings (SSSR count). The van der Waals surface area contributed by atoms with Gasteiger partial charge in [0.05, 0.1) is 18.4 Å². The van der Waals surface area contributed by atoms with E-state index < -0.39 is 17.9 Å². The molecule has 2 aromatic carbocycles. The van der Waals surface area contributed by atoms with Crippen LogP contribution in [0.5, 0.6) is 5.75 Å². The summed E-state index contributed by atoms with van der Waals surface area (Å²) in [6, 6.07) is 13.2. The molecule has 0 radical (unpaired) electrons. The maximum absolute atomic E-state index is 13.2. The van der Waals surface area contributed by atoms with Gasteiger partial charge >= 0.3 is 12.3 Å². The normalized spacial score (nSPS) is 11.8. The van der Waals surface area contributed by atoms with Crippen LogP contribution in [-0.4, -0.2) is 36.3 Å². The maximum Gasteiger partial charge on any atom is 0.387 e. The smallest absolute Gasteiger partial charge is 0.387 e. The topological polar surface area (TPSA) is 98.0 Å². The van der Waals surface area contributed by atoms with E-state index >= 15 is 0 Å². The molecule has 0 atom stereocenters. The van der Waals surface area contributed by atoms with E-state index in [0.717, 1.165) is 11.1 Å². The van der Waals surface area contributed by atoms with Crippen molar-refractivity contribution in [2.45, 2.75) is 32.6 Å². The number of aromatic amines is 1. The summed E-state index contributed by atoms with van der Waals surface area (Å²) < 4.78 is 32.0. The van der Waals surface area contributed by atoms with Crippen LogP contribution in [0.4, 0.5) is 8.78 Å². The number of aromatic nitrogens is 5. The van der Waals surface area contributed by atoms with Crippen molar-refractivity contribution in [1.29, 1.82) is 0 Å². The molecule has 0 aliphatic carbocycles. The third-order valence-corrected chi connectivity index (χ3v) is 4.82. The molecule has 4 aromatic rings. The molecule has 0 aliphatic rings. The van der Waals surface area contributed by atoms with Crippen molar-refractivity contribution in [3.8, 4) is 22.6 Å². The first-order valence-electron chi connectivity index (χ1n) is 9.78. The number of benzene rings is 2. The monoisotopic (exact) mass is 441 g/mol. The van der Waals surface area contributed by atoms with Gasteiger partial charge in [-0.15, -0.1) is 5.10 Å². The second-order valence-corrected chi connectivity index (χ2v) is 7.72. The summed E-state index contributed by atoms with van der Waals surface area (Å²) in [5.74, 6) is 0.124. The number of nitrogens with zero attached hydrogens (tertiary/aromatic N) is 4. The quantitative estimate of drug-likeness (QED) is 0.459. The van der Waals surface area contributed by atoms with Crippen molar-refractivity contribution in [2.24, 2.45) is 0 Å². The summed E-state index contributed by atoms with van der Waals surface area (Å²) in [6.45, 7) is 0.112. The van der Waals surface area contributed by atoms with Crippen molar-refractivity contribution >= 4 is 0 Å². The van der Waals surface area contributed by atoms with Gasteiger partial charge in [0.25, 0.3) is 0 Å². The summed E-state index contributed by atoms with van der Waals surface area (Å²) in [6.07, 6.45) is 3.45. The van der Waals surface area contributed by atoms with Gasteiger partial charge in [-0.2, -0.15) is 18.6 Å². The van der Waals surface area contributed by atoms with Gasteiger partial charge in [-0.05, 0) is 49.2 Å². The lowest BCUT2D eigenvalue weighted by Gasteiger charge is -2.17. The third kappa shape index (κ3) is 4.45. The zero-order chi connectivity index (χ0) is 22.9. The van der Waals surface area contributed by atoms with Crippen LogP contribution in [0.1, 0.15) is 25.2 Å². The van der Waals surface area contributed by atoms with Gasteiger partial charge in [0, 0.05) is 11.8 Å². The molecule has 2 N–H and O–H groups in total. The predicted molar refractivity (Wildman–Crippen MR) is 113 cm³/mol. The Hall–Kier alpha value is -3.79. The molecule has 0 aliphatic heterocycles. The Bertz CT molecular complexity index is 1260. The molecule has 0 spiro atoms. The van der Waals surface area contributed by atoms with Crippen LogP contribution in [0.3, 0.4) is 0 Å². The summed E-state index contributed by atoms with van der Waals surface area (Å²) >= 11 is 0. The zero-order valence-corrected chi connectivity index (χ0v) is 17.4. The molecular formula is C22H21F2N5O3. The standard InChI is InChI=1S/C22H21F2N5O3/c1-22(2,31)19-27-29(17-8-6-15(7-9-17)16-11-25-26-12-16)21(30)28(19)13-14-4-3-5-18(10-14)32-20(23)24/h3-12,20,31H,13H2,1-2H3,(H,25,26). The lowest BCUT2D eigenvalue weighted by molar-refractivity contribution is -0.0498. The minimum Gasteiger partial charge on any atom is -0.435 e. The Balaban J connectivity index is 1.72. The largest absolute Gasteiger partial charge is 0.435 e.